The van der Waals surface area contributed by atoms with E-state index in [1.54, 1.807) is 6.07 Å². The molecule has 0 radical (unpaired) electrons. The lowest BCUT2D eigenvalue weighted by atomic mass is 10.1. The minimum atomic E-state index is -0.771. The topological polar surface area (TPSA) is 15.3 Å². The van der Waals surface area contributed by atoms with Gasteiger partial charge in [0.2, 0.25) is 0 Å². The van der Waals surface area contributed by atoms with Gasteiger partial charge in [0, 0.05) is 36.9 Å². The van der Waals surface area contributed by atoms with Crippen molar-refractivity contribution in [2.24, 2.45) is 0 Å². The van der Waals surface area contributed by atoms with E-state index in [-0.39, 0.29) is 0 Å². The molecule has 0 amide bonds. The number of fused-ring (bicyclic) bond motifs is 1. The third-order valence-electron chi connectivity index (χ3n) is 3.87. The van der Waals surface area contributed by atoms with Gasteiger partial charge in [-0.25, -0.2) is 8.78 Å². The Bertz CT molecular complexity index is 422. The van der Waals surface area contributed by atoms with E-state index in [1.807, 2.05) is 0 Å². The quantitative estimate of drug-likeness (QED) is 0.807. The van der Waals surface area contributed by atoms with E-state index in [1.165, 1.54) is 25.0 Å². The highest BCUT2D eigenvalue weighted by molar-refractivity contribution is 5.49. The van der Waals surface area contributed by atoms with E-state index in [0.717, 1.165) is 25.2 Å². The second-order valence-electron chi connectivity index (χ2n) is 4.85. The summed E-state index contributed by atoms with van der Waals surface area (Å²) in [6, 6.07) is 5.16. The van der Waals surface area contributed by atoms with Crippen LogP contribution in [0, 0.1) is 11.6 Å². The van der Waals surface area contributed by atoms with E-state index in [2.05, 4.69) is 10.2 Å². The number of halogens is 2. The Labute approximate surface area is 99.6 Å². The van der Waals surface area contributed by atoms with Gasteiger partial charge < -0.3 is 10.2 Å². The molecule has 2 fully saturated rings. The van der Waals surface area contributed by atoms with Gasteiger partial charge in [-0.2, -0.15) is 0 Å². The fourth-order valence-electron chi connectivity index (χ4n) is 3.07. The zero-order chi connectivity index (χ0) is 11.8. The minimum absolute atomic E-state index is 0.439. The second kappa shape index (κ2) is 4.26. The first-order valence-corrected chi connectivity index (χ1v) is 6.21. The standard InChI is InChI=1S/C13H16F2N2/c14-10-5-4-9(8-11(10)15)17-7-6-16-12-2-1-3-13(12)17/h4-5,8,12-13,16H,1-3,6-7H2. The fourth-order valence-corrected chi connectivity index (χ4v) is 3.07. The Morgan fingerprint density at radius 1 is 1.18 bits per heavy atom. The normalized spacial score (nSPS) is 28.2. The highest BCUT2D eigenvalue weighted by Gasteiger charge is 2.35. The summed E-state index contributed by atoms with van der Waals surface area (Å²) in [5.74, 6) is -1.53. The summed E-state index contributed by atoms with van der Waals surface area (Å²) in [6.07, 6.45) is 3.53. The molecule has 92 valence electrons. The largest absolute Gasteiger partial charge is 0.366 e. The highest BCUT2D eigenvalue weighted by Crippen LogP contribution is 2.31. The Morgan fingerprint density at radius 3 is 2.88 bits per heavy atom. The number of nitrogens with one attached hydrogen (secondary N) is 1. The molecule has 1 aromatic carbocycles. The Kier molecular flexibility index (Phi) is 2.74. The van der Waals surface area contributed by atoms with Crippen molar-refractivity contribution in [3.8, 4) is 0 Å². The molecule has 3 rings (SSSR count). The zero-order valence-electron chi connectivity index (χ0n) is 9.63. The molecule has 2 aliphatic rings. The summed E-state index contributed by atoms with van der Waals surface area (Å²) in [5.41, 5.74) is 0.808. The van der Waals surface area contributed by atoms with Crippen molar-refractivity contribution in [3.05, 3.63) is 29.8 Å². The van der Waals surface area contributed by atoms with E-state index in [4.69, 9.17) is 0 Å². The van der Waals surface area contributed by atoms with Gasteiger partial charge in [0.15, 0.2) is 11.6 Å². The molecule has 0 aromatic heterocycles. The monoisotopic (exact) mass is 238 g/mol. The summed E-state index contributed by atoms with van der Waals surface area (Å²) in [4.78, 5) is 2.22. The van der Waals surface area contributed by atoms with Crippen molar-refractivity contribution < 1.29 is 8.78 Å². The molecule has 0 bridgehead atoms. The van der Waals surface area contributed by atoms with Gasteiger partial charge >= 0.3 is 0 Å². The van der Waals surface area contributed by atoms with E-state index in [9.17, 15) is 8.78 Å². The Morgan fingerprint density at radius 2 is 2.06 bits per heavy atom. The number of benzene rings is 1. The van der Waals surface area contributed by atoms with Crippen LogP contribution in [0.15, 0.2) is 18.2 Å². The van der Waals surface area contributed by atoms with Gasteiger partial charge in [0.25, 0.3) is 0 Å². The summed E-state index contributed by atoms with van der Waals surface area (Å²) >= 11 is 0. The predicted octanol–water partition coefficient (Wildman–Crippen LogP) is 2.30. The molecule has 2 unspecified atom stereocenters. The number of anilines is 1. The van der Waals surface area contributed by atoms with Crippen LogP contribution in [0.4, 0.5) is 14.5 Å². The molecule has 1 saturated carbocycles. The van der Waals surface area contributed by atoms with Crippen LogP contribution >= 0.6 is 0 Å². The van der Waals surface area contributed by atoms with Crippen molar-refractivity contribution >= 4 is 5.69 Å². The first-order valence-electron chi connectivity index (χ1n) is 6.21. The number of hydrogen-bond acceptors (Lipinski definition) is 2. The molecule has 17 heavy (non-hydrogen) atoms. The Balaban J connectivity index is 1.89. The molecule has 1 heterocycles. The average molecular weight is 238 g/mol. The minimum Gasteiger partial charge on any atom is -0.366 e. The molecular weight excluding hydrogens is 222 g/mol. The molecule has 1 N–H and O–H groups in total. The van der Waals surface area contributed by atoms with Crippen molar-refractivity contribution in [2.75, 3.05) is 18.0 Å². The fraction of sp³-hybridized carbons (Fsp3) is 0.538. The van der Waals surface area contributed by atoms with Crippen LogP contribution in [0.3, 0.4) is 0 Å². The van der Waals surface area contributed by atoms with Crippen LogP contribution in [0.25, 0.3) is 0 Å². The first-order chi connectivity index (χ1) is 8.25. The van der Waals surface area contributed by atoms with E-state index in [0.29, 0.717) is 12.1 Å². The van der Waals surface area contributed by atoms with E-state index >= 15 is 0 Å². The lowest BCUT2D eigenvalue weighted by molar-refractivity contribution is 0.403. The van der Waals surface area contributed by atoms with Crippen molar-refractivity contribution in [2.45, 2.75) is 31.3 Å². The molecular formula is C13H16F2N2. The molecule has 2 atom stereocenters. The number of piperazine rings is 1. The lowest BCUT2D eigenvalue weighted by Gasteiger charge is -2.40. The van der Waals surface area contributed by atoms with Gasteiger partial charge in [-0.15, -0.1) is 0 Å². The van der Waals surface area contributed by atoms with Gasteiger partial charge in [0.05, 0.1) is 0 Å². The van der Waals surface area contributed by atoms with Gasteiger partial charge in [-0.05, 0) is 31.4 Å². The summed E-state index contributed by atoms with van der Waals surface area (Å²) in [6.45, 7) is 1.78. The summed E-state index contributed by atoms with van der Waals surface area (Å²) in [7, 11) is 0. The van der Waals surface area contributed by atoms with Crippen LogP contribution in [0.2, 0.25) is 0 Å². The third-order valence-corrected chi connectivity index (χ3v) is 3.87. The van der Waals surface area contributed by atoms with Crippen LogP contribution in [0.1, 0.15) is 19.3 Å². The summed E-state index contributed by atoms with van der Waals surface area (Å²) in [5, 5.41) is 3.50. The molecule has 2 nitrogen and oxygen atoms in total. The first kappa shape index (κ1) is 11.0. The van der Waals surface area contributed by atoms with Gasteiger partial charge in [-0.1, -0.05) is 0 Å². The maximum Gasteiger partial charge on any atom is 0.160 e. The van der Waals surface area contributed by atoms with Crippen molar-refractivity contribution in [1.82, 2.24) is 5.32 Å². The molecule has 1 aromatic rings. The van der Waals surface area contributed by atoms with Crippen LogP contribution < -0.4 is 10.2 Å². The number of nitrogens with zero attached hydrogens (tertiary/aromatic N) is 1. The van der Waals surface area contributed by atoms with Crippen LogP contribution in [0.5, 0.6) is 0 Å². The van der Waals surface area contributed by atoms with Crippen molar-refractivity contribution in [1.29, 1.82) is 0 Å². The average Bonchev–Trinajstić information content (AvgIpc) is 2.80. The molecule has 1 aliphatic heterocycles. The van der Waals surface area contributed by atoms with E-state index < -0.39 is 11.6 Å². The molecule has 0 spiro atoms. The maximum absolute atomic E-state index is 13.3. The number of rotatable bonds is 1. The summed E-state index contributed by atoms with van der Waals surface area (Å²) < 4.78 is 26.2. The number of hydrogen-bond donors (Lipinski definition) is 1. The maximum atomic E-state index is 13.3. The van der Waals surface area contributed by atoms with Crippen molar-refractivity contribution in [3.63, 3.8) is 0 Å². The molecule has 1 saturated heterocycles. The third kappa shape index (κ3) is 1.90. The van der Waals surface area contributed by atoms with Gasteiger partial charge in [0.1, 0.15) is 0 Å². The van der Waals surface area contributed by atoms with Crippen LogP contribution in [-0.2, 0) is 0 Å². The smallest absolute Gasteiger partial charge is 0.160 e. The highest BCUT2D eigenvalue weighted by atomic mass is 19.2. The Hall–Kier alpha value is -1.16. The second-order valence-corrected chi connectivity index (χ2v) is 4.85. The van der Waals surface area contributed by atoms with Gasteiger partial charge in [-0.3, -0.25) is 0 Å². The zero-order valence-corrected chi connectivity index (χ0v) is 9.63. The lowest BCUT2D eigenvalue weighted by Crippen LogP contribution is -2.55. The van der Waals surface area contributed by atoms with Crippen LogP contribution in [-0.4, -0.2) is 25.2 Å². The SMILES string of the molecule is Fc1ccc(N2CCNC3CCCC32)cc1F. The predicted molar refractivity (Wildman–Crippen MR) is 63.1 cm³/mol. The molecule has 1 aliphatic carbocycles. The molecule has 4 heteroatoms.